The van der Waals surface area contributed by atoms with Gasteiger partial charge in [0.1, 0.15) is 6.20 Å². The maximum absolute atomic E-state index is 4.63. The van der Waals surface area contributed by atoms with E-state index in [1.807, 2.05) is 6.08 Å². The van der Waals surface area contributed by atoms with Crippen molar-refractivity contribution in [2.75, 3.05) is 0 Å². The van der Waals surface area contributed by atoms with Crippen molar-refractivity contribution in [1.29, 1.82) is 0 Å². The van der Waals surface area contributed by atoms with Crippen molar-refractivity contribution in [1.82, 2.24) is 0 Å². The summed E-state index contributed by atoms with van der Waals surface area (Å²) >= 11 is 4.63. The molecular formula is C3H4N2S. The summed E-state index contributed by atoms with van der Waals surface area (Å²) in [5.74, 6) is 0. The number of hydrogen-bond acceptors (Lipinski definition) is 2. The summed E-state index contributed by atoms with van der Waals surface area (Å²) in [6, 6.07) is 0. The largest absolute Gasteiger partial charge is 0.457 e. The van der Waals surface area contributed by atoms with Crippen LogP contribution in [0.5, 0.6) is 0 Å². The molecule has 1 heterocycles. The predicted octanol–water partition coefficient (Wildman–Crippen LogP) is -1.15. The predicted molar refractivity (Wildman–Crippen MR) is 26.0 cm³/mol. The molecule has 0 saturated heterocycles. The van der Waals surface area contributed by atoms with E-state index < -0.39 is 0 Å². The van der Waals surface area contributed by atoms with Crippen LogP contribution in [0.2, 0.25) is 0 Å². The van der Waals surface area contributed by atoms with Crippen LogP contribution in [-0.4, -0.2) is 6.21 Å². The second kappa shape index (κ2) is 1.45. The fourth-order valence-electron chi connectivity index (χ4n) is 0.285. The zero-order chi connectivity index (χ0) is 4.41. The van der Waals surface area contributed by atoms with Crippen molar-refractivity contribution < 1.29 is 4.41 Å². The first-order valence-corrected chi connectivity index (χ1v) is 2.05. The Balaban J connectivity index is 2.60. The Morgan fingerprint density at radius 3 is 2.67 bits per heavy atom. The molecule has 32 valence electrons. The molecule has 1 unspecified atom stereocenters. The summed E-state index contributed by atoms with van der Waals surface area (Å²) in [4.78, 5) is 0. The van der Waals surface area contributed by atoms with Crippen LogP contribution in [0.3, 0.4) is 0 Å². The molecule has 0 aromatic heterocycles. The molecule has 0 bridgehead atoms. The van der Waals surface area contributed by atoms with Gasteiger partial charge in [-0.3, -0.25) is 4.41 Å². The minimum absolute atomic E-state index is 0.676. The van der Waals surface area contributed by atoms with Gasteiger partial charge < -0.3 is 12.8 Å². The highest BCUT2D eigenvalue weighted by Crippen LogP contribution is 1.61. The second-order valence-electron chi connectivity index (χ2n) is 0.976. The third-order valence-corrected chi connectivity index (χ3v) is 0.768. The summed E-state index contributed by atoms with van der Waals surface area (Å²) in [5, 5.41) is 3.73. The van der Waals surface area contributed by atoms with E-state index >= 15 is 0 Å². The lowest BCUT2D eigenvalue weighted by molar-refractivity contribution is -0.695. The van der Waals surface area contributed by atoms with Crippen molar-refractivity contribution in [2.45, 2.75) is 0 Å². The van der Waals surface area contributed by atoms with Crippen LogP contribution in [0.25, 0.3) is 0 Å². The number of rotatable bonds is 0. The Kier molecular flexibility index (Phi) is 0.939. The topological polar surface area (TPSA) is 16.8 Å². The molecule has 1 aliphatic rings. The fraction of sp³-hybridized carbons (Fsp3) is 0. The van der Waals surface area contributed by atoms with Gasteiger partial charge in [0.05, 0.1) is 6.21 Å². The number of nitrogens with zero attached hydrogens (tertiary/aromatic N) is 1. The quantitative estimate of drug-likeness (QED) is 0.380. The van der Waals surface area contributed by atoms with Crippen molar-refractivity contribution in [2.24, 2.45) is 5.10 Å². The van der Waals surface area contributed by atoms with Crippen LogP contribution in [0.4, 0.5) is 0 Å². The second-order valence-corrected chi connectivity index (χ2v) is 1.39. The van der Waals surface area contributed by atoms with E-state index in [4.69, 9.17) is 0 Å². The van der Waals surface area contributed by atoms with E-state index in [1.54, 1.807) is 12.4 Å². The first-order valence-electron chi connectivity index (χ1n) is 1.64. The molecule has 0 aliphatic carbocycles. The highest BCUT2D eigenvalue weighted by atomic mass is 32.1. The van der Waals surface area contributed by atoms with Crippen molar-refractivity contribution >= 4 is 19.0 Å². The zero-order valence-electron chi connectivity index (χ0n) is 3.09. The molecule has 0 aromatic rings. The Bertz CT molecular complexity index is 85.0. The molecule has 6 heavy (non-hydrogen) atoms. The van der Waals surface area contributed by atoms with Gasteiger partial charge >= 0.3 is 0 Å². The maximum atomic E-state index is 4.63. The Morgan fingerprint density at radius 1 is 1.67 bits per heavy atom. The van der Waals surface area contributed by atoms with E-state index in [0.717, 1.165) is 0 Å². The van der Waals surface area contributed by atoms with Crippen LogP contribution in [-0.2, 0) is 12.8 Å². The summed E-state index contributed by atoms with van der Waals surface area (Å²) < 4.78 is 0.676. The van der Waals surface area contributed by atoms with Gasteiger partial charge in [0.25, 0.3) is 0 Å². The summed E-state index contributed by atoms with van der Waals surface area (Å²) in [6.45, 7) is 0. The normalized spacial score (nSPS) is 29.2. The van der Waals surface area contributed by atoms with Crippen molar-refractivity contribution in [3.05, 3.63) is 12.3 Å². The van der Waals surface area contributed by atoms with Gasteiger partial charge in [-0.1, -0.05) is 0 Å². The van der Waals surface area contributed by atoms with Crippen LogP contribution >= 0.6 is 0 Å². The molecule has 1 N–H and O–H groups in total. The Labute approximate surface area is 41.7 Å². The maximum Gasteiger partial charge on any atom is 0.104 e. The van der Waals surface area contributed by atoms with Crippen LogP contribution < -0.4 is 4.41 Å². The first-order chi connectivity index (χ1) is 2.89. The monoisotopic (exact) mass is 100 g/mol. The molecule has 1 aliphatic heterocycles. The molecule has 2 nitrogen and oxygen atoms in total. The van der Waals surface area contributed by atoms with Crippen LogP contribution in [0.15, 0.2) is 17.4 Å². The summed E-state index contributed by atoms with van der Waals surface area (Å²) in [6.07, 6.45) is 5.29. The van der Waals surface area contributed by atoms with Gasteiger partial charge in [0.15, 0.2) is 0 Å². The first kappa shape index (κ1) is 3.89. The molecule has 0 saturated carbocycles. The molecule has 0 spiro atoms. The summed E-state index contributed by atoms with van der Waals surface area (Å²) in [7, 11) is 0. The molecular weight excluding hydrogens is 96.1 g/mol. The molecule has 0 amide bonds. The van der Waals surface area contributed by atoms with Gasteiger partial charge in [-0.15, -0.1) is 5.10 Å². The number of hydrogen-bond donors (Lipinski definition) is 1. The molecule has 0 fully saturated rings. The minimum Gasteiger partial charge on any atom is -0.457 e. The summed E-state index contributed by atoms with van der Waals surface area (Å²) in [5.41, 5.74) is 0. The van der Waals surface area contributed by atoms with E-state index in [-0.39, 0.29) is 0 Å². The molecule has 3 heteroatoms. The SMILES string of the molecule is [S-][NH+]1C=CC=N1. The zero-order valence-corrected chi connectivity index (χ0v) is 3.90. The lowest BCUT2D eigenvalue weighted by atomic mass is 10.7. The Hall–Kier alpha value is -0.280. The van der Waals surface area contributed by atoms with E-state index in [0.29, 0.717) is 4.41 Å². The average molecular weight is 100 g/mol. The molecule has 0 radical (unpaired) electrons. The van der Waals surface area contributed by atoms with Gasteiger partial charge in [-0.05, 0) is 0 Å². The molecule has 1 atom stereocenters. The number of allylic oxidation sites excluding steroid dienone is 1. The van der Waals surface area contributed by atoms with E-state index in [1.165, 1.54) is 0 Å². The van der Waals surface area contributed by atoms with Gasteiger partial charge in [0, 0.05) is 6.08 Å². The standard InChI is InChI=1S/C3H4N2S/c6-5-3-1-2-4-5/h1-3,5H. The number of quaternary nitrogens is 1. The lowest BCUT2D eigenvalue weighted by Crippen LogP contribution is -2.96. The van der Waals surface area contributed by atoms with Crippen LogP contribution in [0, 0.1) is 0 Å². The average Bonchev–Trinajstić information content (AvgIpc) is 1.86. The van der Waals surface area contributed by atoms with Gasteiger partial charge in [0.2, 0.25) is 0 Å². The van der Waals surface area contributed by atoms with Crippen molar-refractivity contribution in [3.63, 3.8) is 0 Å². The third-order valence-electron chi connectivity index (χ3n) is 0.527. The highest BCUT2D eigenvalue weighted by molar-refractivity contribution is 7.51. The van der Waals surface area contributed by atoms with Crippen LogP contribution in [0.1, 0.15) is 0 Å². The minimum atomic E-state index is 0.676. The highest BCUT2D eigenvalue weighted by Gasteiger charge is 1.83. The van der Waals surface area contributed by atoms with Crippen molar-refractivity contribution in [3.8, 4) is 0 Å². The third kappa shape index (κ3) is 0.609. The van der Waals surface area contributed by atoms with E-state index in [9.17, 15) is 0 Å². The Morgan fingerprint density at radius 2 is 2.50 bits per heavy atom. The fourth-order valence-corrected chi connectivity index (χ4v) is 0.424. The van der Waals surface area contributed by atoms with E-state index in [2.05, 4.69) is 17.9 Å². The van der Waals surface area contributed by atoms with Gasteiger partial charge in [-0.25, -0.2) is 0 Å². The molecule has 0 aromatic carbocycles. The smallest absolute Gasteiger partial charge is 0.104 e. The lowest BCUT2D eigenvalue weighted by Gasteiger charge is -2.02. The number of nitrogens with one attached hydrogen (secondary N) is 1. The molecule has 1 rings (SSSR count). The van der Waals surface area contributed by atoms with Gasteiger partial charge in [-0.2, -0.15) is 0 Å².